The number of hydrogen-bond acceptors (Lipinski definition) is 4. The van der Waals surface area contributed by atoms with Gasteiger partial charge >= 0.3 is 0 Å². The Morgan fingerprint density at radius 2 is 1.03 bits per heavy atom. The Morgan fingerprint density at radius 3 is 1.35 bits per heavy atom. The molecule has 0 heterocycles. The average molecular weight is 443 g/mol. The maximum Gasteiger partial charge on any atom is 0.300 e. The summed E-state index contributed by atoms with van der Waals surface area (Å²) in [6.07, 6.45) is 15.3. The molecule has 0 unspecified atom stereocenters. The number of rotatable bonds is 18. The fraction of sp³-hybridized carbons (Fsp3) is 0.960. The molecule has 0 amide bonds. The molecule has 0 aromatic carbocycles. The Kier molecular flexibility index (Phi) is 24.3. The van der Waals surface area contributed by atoms with E-state index in [1.807, 2.05) is 0 Å². The van der Waals surface area contributed by atoms with Crippen LogP contribution >= 0.6 is 0 Å². The largest absolute Gasteiger partial charge is 0.444 e. The van der Waals surface area contributed by atoms with Crippen LogP contribution in [0.2, 0.25) is 0 Å². The average Bonchev–Trinajstić information content (AvgIpc) is 2.78. The van der Waals surface area contributed by atoms with Gasteiger partial charge in [-0.3, -0.25) is 4.48 Å². The number of hydrogen-bond donors (Lipinski definition) is 0. The van der Waals surface area contributed by atoms with E-state index in [2.05, 4.69) is 46.4 Å². The zero-order valence-electron chi connectivity index (χ0n) is 21.8. The standard InChI is InChI=1S/C25H54N3.HNO2/c1-7-13-19-26-25(27(20-14-8-2)21-15-9-3)28(22-16-10-4,23-17-11-5)24-18-12-6;2-1-3/h7-24H2,1-6H3;(H,2,3)/q+1;/p-1. The molecule has 0 aliphatic rings. The zero-order valence-corrected chi connectivity index (χ0v) is 21.8. The van der Waals surface area contributed by atoms with Gasteiger partial charge in [0.2, 0.25) is 0 Å². The molecular weight excluding hydrogens is 388 g/mol. The molecule has 0 aliphatic heterocycles. The molecule has 0 spiro atoms. The van der Waals surface area contributed by atoms with E-state index in [0.717, 1.165) is 16.4 Å². The molecular formula is C25H54N4O2. The number of quaternary nitrogens is 1. The van der Waals surface area contributed by atoms with Gasteiger partial charge in [0.1, 0.15) is 0 Å². The number of aliphatic imine (C=N–C) groups is 1. The lowest BCUT2D eigenvalue weighted by Gasteiger charge is -2.43. The van der Waals surface area contributed by atoms with Crippen molar-refractivity contribution in [1.29, 1.82) is 0 Å². The molecule has 31 heavy (non-hydrogen) atoms. The Labute approximate surface area is 194 Å². The van der Waals surface area contributed by atoms with Crippen LogP contribution in [0.3, 0.4) is 0 Å². The summed E-state index contributed by atoms with van der Waals surface area (Å²) < 4.78 is 1.15. The minimum Gasteiger partial charge on any atom is -0.444 e. The van der Waals surface area contributed by atoms with E-state index in [1.165, 1.54) is 116 Å². The highest BCUT2D eigenvalue weighted by atomic mass is 16.6. The Bertz CT molecular complexity index is 387. The Morgan fingerprint density at radius 1 is 0.677 bits per heavy atom. The molecule has 0 fully saturated rings. The van der Waals surface area contributed by atoms with Crippen molar-refractivity contribution < 1.29 is 4.48 Å². The van der Waals surface area contributed by atoms with Crippen LogP contribution < -0.4 is 0 Å². The Balaban J connectivity index is 0. The maximum atomic E-state index is 8.00. The smallest absolute Gasteiger partial charge is 0.300 e. The van der Waals surface area contributed by atoms with Crippen molar-refractivity contribution >= 4 is 5.96 Å². The molecule has 0 saturated heterocycles. The summed E-state index contributed by atoms with van der Waals surface area (Å²) in [5.41, 5.74) is 0. The second kappa shape index (κ2) is 23.5. The van der Waals surface area contributed by atoms with Gasteiger partial charge in [-0.25, -0.2) is 4.99 Å². The second-order valence-corrected chi connectivity index (χ2v) is 8.68. The van der Waals surface area contributed by atoms with E-state index in [1.54, 1.807) is 0 Å². The first-order valence-corrected chi connectivity index (χ1v) is 13.2. The van der Waals surface area contributed by atoms with Crippen LogP contribution in [-0.4, -0.2) is 54.6 Å². The molecule has 0 aromatic heterocycles. The number of guanidine groups is 1. The van der Waals surface area contributed by atoms with Gasteiger partial charge in [-0.1, -0.05) is 80.1 Å². The quantitative estimate of drug-likeness (QED) is 0.0550. The summed E-state index contributed by atoms with van der Waals surface area (Å²) >= 11 is 0. The highest BCUT2D eigenvalue weighted by molar-refractivity contribution is 5.73. The van der Waals surface area contributed by atoms with Gasteiger partial charge < -0.3 is 15.0 Å². The van der Waals surface area contributed by atoms with Crippen molar-refractivity contribution in [3.05, 3.63) is 10.1 Å². The maximum absolute atomic E-state index is 8.00. The van der Waals surface area contributed by atoms with Gasteiger partial charge in [0, 0.05) is 19.6 Å². The highest BCUT2D eigenvalue weighted by Gasteiger charge is 2.36. The Hall–Kier alpha value is -1.17. The summed E-state index contributed by atoms with van der Waals surface area (Å²) in [7, 11) is 0. The van der Waals surface area contributed by atoms with Crippen LogP contribution in [0.15, 0.2) is 10.3 Å². The molecule has 0 saturated carbocycles. The van der Waals surface area contributed by atoms with Crippen LogP contribution in [-0.2, 0) is 0 Å². The predicted octanol–water partition coefficient (Wildman–Crippen LogP) is 7.51. The summed E-state index contributed by atoms with van der Waals surface area (Å²) in [5.74, 6) is 1.45. The van der Waals surface area contributed by atoms with Crippen LogP contribution in [0.25, 0.3) is 0 Å². The van der Waals surface area contributed by atoms with Crippen molar-refractivity contribution in [3.8, 4) is 0 Å². The molecule has 0 atom stereocenters. The van der Waals surface area contributed by atoms with Crippen molar-refractivity contribution in [2.75, 3.05) is 39.3 Å². The molecule has 0 rings (SSSR count). The molecule has 0 bridgehead atoms. The van der Waals surface area contributed by atoms with Gasteiger partial charge in [-0.15, -0.1) is 5.34 Å². The third-order valence-corrected chi connectivity index (χ3v) is 5.85. The third-order valence-electron chi connectivity index (χ3n) is 5.85. The number of unbranched alkanes of at least 4 members (excludes halogenated alkanes) is 6. The van der Waals surface area contributed by atoms with Crippen molar-refractivity contribution in [1.82, 2.24) is 4.90 Å². The first kappa shape index (κ1) is 32.0. The lowest BCUT2D eigenvalue weighted by Crippen LogP contribution is -2.61. The van der Waals surface area contributed by atoms with Crippen molar-refractivity contribution in [3.63, 3.8) is 0 Å². The van der Waals surface area contributed by atoms with E-state index in [9.17, 15) is 0 Å². The summed E-state index contributed by atoms with van der Waals surface area (Å²) in [6, 6.07) is 0. The molecule has 0 N–H and O–H groups in total. The van der Waals surface area contributed by atoms with Gasteiger partial charge in [0.05, 0.1) is 19.6 Å². The monoisotopic (exact) mass is 442 g/mol. The topological polar surface area (TPSA) is 68.1 Å². The lowest BCUT2D eigenvalue weighted by atomic mass is 10.1. The normalized spacial score (nSPS) is 11.7. The lowest BCUT2D eigenvalue weighted by molar-refractivity contribution is -0.848. The minimum absolute atomic E-state index is 1.00. The SMILES string of the molecule is CCCCN=C(N(CCCC)CCCC)[N+](CCCC)(CCCC)CCCC.O=N[O-]. The van der Waals surface area contributed by atoms with Gasteiger partial charge in [-0.2, -0.15) is 0 Å². The van der Waals surface area contributed by atoms with E-state index >= 15 is 0 Å². The van der Waals surface area contributed by atoms with E-state index < -0.39 is 0 Å². The summed E-state index contributed by atoms with van der Waals surface area (Å²) in [6.45, 7) is 21.1. The fourth-order valence-electron chi connectivity index (χ4n) is 3.91. The molecule has 6 nitrogen and oxygen atoms in total. The summed E-state index contributed by atoms with van der Waals surface area (Å²) in [5, 5.41) is 9.00. The predicted molar refractivity (Wildman–Crippen MR) is 137 cm³/mol. The van der Waals surface area contributed by atoms with Crippen molar-refractivity contribution in [2.24, 2.45) is 10.3 Å². The van der Waals surface area contributed by atoms with E-state index in [4.69, 9.17) is 15.1 Å². The van der Waals surface area contributed by atoms with Crippen LogP contribution in [0, 0.1) is 10.1 Å². The van der Waals surface area contributed by atoms with Crippen LogP contribution in [0.4, 0.5) is 0 Å². The molecule has 6 heteroatoms. The first-order valence-electron chi connectivity index (χ1n) is 13.2. The summed E-state index contributed by atoms with van der Waals surface area (Å²) in [4.78, 5) is 16.1. The van der Waals surface area contributed by atoms with Gasteiger partial charge in [-0.05, 0) is 38.5 Å². The van der Waals surface area contributed by atoms with Gasteiger partial charge in [0.25, 0.3) is 5.96 Å². The van der Waals surface area contributed by atoms with Crippen LogP contribution in [0.1, 0.15) is 119 Å². The zero-order chi connectivity index (χ0) is 23.8. The van der Waals surface area contributed by atoms with E-state index in [-0.39, 0.29) is 0 Å². The second-order valence-electron chi connectivity index (χ2n) is 8.68. The first-order chi connectivity index (χ1) is 15.1. The van der Waals surface area contributed by atoms with E-state index in [0.29, 0.717) is 0 Å². The highest BCUT2D eigenvalue weighted by Crippen LogP contribution is 2.20. The molecule has 0 radical (unpaired) electrons. The number of nitrogens with zero attached hydrogens (tertiary/aromatic N) is 4. The van der Waals surface area contributed by atoms with Crippen LogP contribution in [0.5, 0.6) is 0 Å². The molecule has 186 valence electrons. The van der Waals surface area contributed by atoms with Gasteiger partial charge in [0.15, 0.2) is 0 Å². The van der Waals surface area contributed by atoms with Crippen molar-refractivity contribution in [2.45, 2.75) is 119 Å². The molecule has 0 aromatic rings. The molecule has 0 aliphatic carbocycles. The fourth-order valence-corrected chi connectivity index (χ4v) is 3.91. The third kappa shape index (κ3) is 15.3. The minimum atomic E-state index is 1.00.